The number of nitrogens with zero attached hydrogens (tertiary/aromatic N) is 1. The maximum atomic E-state index is 5.28. The summed E-state index contributed by atoms with van der Waals surface area (Å²) in [4.78, 5) is 5.95. The van der Waals surface area contributed by atoms with Gasteiger partial charge in [-0.3, -0.25) is 0 Å². The van der Waals surface area contributed by atoms with Crippen LogP contribution in [0.2, 0.25) is 0 Å². The summed E-state index contributed by atoms with van der Waals surface area (Å²) in [6, 6.07) is 19.5. The second-order valence-electron chi connectivity index (χ2n) is 7.87. The lowest BCUT2D eigenvalue weighted by atomic mass is 9.86. The fourth-order valence-corrected chi connectivity index (χ4v) is 3.95. The lowest BCUT2D eigenvalue weighted by Crippen LogP contribution is -2.28. The number of benzene rings is 2. The number of nitrogens with one attached hydrogen (secondary N) is 1. The first-order valence-electron chi connectivity index (χ1n) is 9.15. The van der Waals surface area contributed by atoms with Crippen LogP contribution in [0.1, 0.15) is 30.7 Å². The highest BCUT2D eigenvalue weighted by molar-refractivity contribution is 5.72. The number of ether oxygens (including phenoxy) is 1. The molecular formula is C23H26N2O. The molecule has 4 rings (SSSR count). The van der Waals surface area contributed by atoms with Gasteiger partial charge in [-0.05, 0) is 53.9 Å². The summed E-state index contributed by atoms with van der Waals surface area (Å²) in [5, 5.41) is 0. The highest BCUT2D eigenvalue weighted by Crippen LogP contribution is 2.43. The molecular weight excluding hydrogens is 320 g/mol. The minimum atomic E-state index is 0.159. The summed E-state index contributed by atoms with van der Waals surface area (Å²) in [6.45, 7) is 8.70. The number of anilines is 1. The Kier molecular flexibility index (Phi) is 4.03. The molecule has 2 aromatic carbocycles. The lowest BCUT2D eigenvalue weighted by Gasteiger charge is -2.22. The van der Waals surface area contributed by atoms with Gasteiger partial charge in [0.15, 0.2) is 0 Å². The Morgan fingerprint density at radius 2 is 1.81 bits per heavy atom. The number of methoxy groups -OCH3 is 1. The van der Waals surface area contributed by atoms with Gasteiger partial charge >= 0.3 is 0 Å². The monoisotopic (exact) mass is 346 g/mol. The van der Waals surface area contributed by atoms with E-state index in [0.29, 0.717) is 0 Å². The number of H-pyrrole nitrogens is 1. The zero-order valence-electron chi connectivity index (χ0n) is 16.0. The molecule has 2 heterocycles. The van der Waals surface area contributed by atoms with Gasteiger partial charge in [0, 0.05) is 35.6 Å². The van der Waals surface area contributed by atoms with Gasteiger partial charge in [0.25, 0.3) is 0 Å². The summed E-state index contributed by atoms with van der Waals surface area (Å²) in [5.41, 5.74) is 7.85. The normalized spacial score (nSPS) is 15.2. The molecule has 1 aromatic heterocycles. The first-order chi connectivity index (χ1) is 12.5. The molecule has 0 spiro atoms. The van der Waals surface area contributed by atoms with Gasteiger partial charge in [-0.1, -0.05) is 38.1 Å². The predicted octanol–water partition coefficient (Wildman–Crippen LogP) is 5.30. The van der Waals surface area contributed by atoms with E-state index < -0.39 is 0 Å². The zero-order valence-corrected chi connectivity index (χ0v) is 16.0. The molecule has 0 fully saturated rings. The number of aromatic nitrogens is 1. The van der Waals surface area contributed by atoms with E-state index in [1.807, 2.05) is 12.1 Å². The molecule has 0 unspecified atom stereocenters. The number of aryl methyl sites for hydroxylation is 1. The highest BCUT2D eigenvalue weighted by Gasteiger charge is 2.35. The van der Waals surface area contributed by atoms with Crippen LogP contribution in [0.3, 0.4) is 0 Å². The smallest absolute Gasteiger partial charge is 0.118 e. The maximum absolute atomic E-state index is 5.28. The third-order valence-corrected chi connectivity index (χ3v) is 5.33. The van der Waals surface area contributed by atoms with Gasteiger partial charge in [0.1, 0.15) is 5.75 Å². The molecule has 3 aromatic rings. The number of hydrogen-bond donors (Lipinski definition) is 1. The average Bonchev–Trinajstić information content (AvgIpc) is 3.17. The molecule has 0 amide bonds. The molecule has 0 aliphatic carbocycles. The largest absolute Gasteiger partial charge is 0.497 e. The average molecular weight is 346 g/mol. The van der Waals surface area contributed by atoms with E-state index in [9.17, 15) is 0 Å². The highest BCUT2D eigenvalue weighted by atomic mass is 16.5. The van der Waals surface area contributed by atoms with Gasteiger partial charge < -0.3 is 14.6 Å². The molecule has 3 nitrogen and oxygen atoms in total. The quantitative estimate of drug-likeness (QED) is 0.694. The lowest BCUT2D eigenvalue weighted by molar-refractivity contribution is 0.414. The molecule has 0 radical (unpaired) electrons. The maximum Gasteiger partial charge on any atom is 0.118 e. The topological polar surface area (TPSA) is 28.3 Å². The third kappa shape index (κ3) is 2.98. The Morgan fingerprint density at radius 1 is 1.04 bits per heavy atom. The first kappa shape index (κ1) is 16.8. The SMILES string of the molecule is COc1ccc(CN2CC(C)(C)c3ccc(-c4ccc(C)[nH]4)cc32)cc1. The van der Waals surface area contributed by atoms with Gasteiger partial charge in [0.2, 0.25) is 0 Å². The van der Waals surface area contributed by atoms with Crippen LogP contribution >= 0.6 is 0 Å². The van der Waals surface area contributed by atoms with Crippen LogP contribution in [0.15, 0.2) is 54.6 Å². The van der Waals surface area contributed by atoms with Crippen LogP contribution in [-0.4, -0.2) is 18.6 Å². The Hall–Kier alpha value is -2.68. The number of rotatable bonds is 4. The van der Waals surface area contributed by atoms with Gasteiger partial charge in [-0.2, -0.15) is 0 Å². The van der Waals surface area contributed by atoms with E-state index >= 15 is 0 Å². The van der Waals surface area contributed by atoms with Gasteiger partial charge in [-0.25, -0.2) is 0 Å². The van der Waals surface area contributed by atoms with Crippen molar-refractivity contribution in [1.82, 2.24) is 4.98 Å². The molecule has 26 heavy (non-hydrogen) atoms. The van der Waals surface area contributed by atoms with Gasteiger partial charge in [0.05, 0.1) is 7.11 Å². The van der Waals surface area contributed by atoms with E-state index in [1.54, 1.807) is 7.11 Å². The predicted molar refractivity (Wildman–Crippen MR) is 108 cm³/mol. The molecule has 0 saturated carbocycles. The van der Waals surface area contributed by atoms with Crippen LogP contribution < -0.4 is 9.64 Å². The number of fused-ring (bicyclic) bond motifs is 1. The fourth-order valence-electron chi connectivity index (χ4n) is 3.95. The molecule has 1 aliphatic heterocycles. The fraction of sp³-hybridized carbons (Fsp3) is 0.304. The molecule has 1 N–H and O–H groups in total. The van der Waals surface area contributed by atoms with Crippen LogP contribution in [0.5, 0.6) is 5.75 Å². The van der Waals surface area contributed by atoms with Crippen LogP contribution in [0.4, 0.5) is 5.69 Å². The molecule has 0 bridgehead atoms. The van der Waals surface area contributed by atoms with E-state index in [0.717, 1.165) is 18.8 Å². The second kappa shape index (κ2) is 6.24. The molecule has 1 aliphatic rings. The van der Waals surface area contributed by atoms with Gasteiger partial charge in [-0.15, -0.1) is 0 Å². The second-order valence-corrected chi connectivity index (χ2v) is 7.87. The van der Waals surface area contributed by atoms with Crippen molar-refractivity contribution in [1.29, 1.82) is 0 Å². The molecule has 134 valence electrons. The molecule has 0 atom stereocenters. The van der Waals surface area contributed by atoms with E-state index in [2.05, 4.69) is 73.1 Å². The summed E-state index contributed by atoms with van der Waals surface area (Å²) < 4.78 is 5.28. The van der Waals surface area contributed by atoms with Crippen molar-refractivity contribution in [2.45, 2.75) is 32.7 Å². The Balaban J connectivity index is 1.68. The first-order valence-corrected chi connectivity index (χ1v) is 9.15. The summed E-state index contributed by atoms with van der Waals surface area (Å²) >= 11 is 0. The Bertz CT molecular complexity index is 922. The van der Waals surface area contributed by atoms with Crippen molar-refractivity contribution in [3.05, 3.63) is 71.4 Å². The van der Waals surface area contributed by atoms with Crippen molar-refractivity contribution >= 4 is 5.69 Å². The molecule has 3 heteroatoms. The van der Waals surface area contributed by atoms with Crippen molar-refractivity contribution in [3.63, 3.8) is 0 Å². The van der Waals surface area contributed by atoms with Crippen LogP contribution in [0.25, 0.3) is 11.3 Å². The number of hydrogen-bond acceptors (Lipinski definition) is 2. The van der Waals surface area contributed by atoms with E-state index in [4.69, 9.17) is 4.74 Å². The summed E-state index contributed by atoms with van der Waals surface area (Å²) in [5.74, 6) is 0.903. The zero-order chi connectivity index (χ0) is 18.3. The van der Waals surface area contributed by atoms with E-state index in [-0.39, 0.29) is 5.41 Å². The van der Waals surface area contributed by atoms with Crippen molar-refractivity contribution in [2.24, 2.45) is 0 Å². The van der Waals surface area contributed by atoms with Crippen LogP contribution in [0, 0.1) is 6.92 Å². The molecule has 0 saturated heterocycles. The summed E-state index contributed by atoms with van der Waals surface area (Å²) in [7, 11) is 1.71. The van der Waals surface area contributed by atoms with Crippen molar-refractivity contribution in [3.8, 4) is 17.0 Å². The Labute approximate surface area is 155 Å². The Morgan fingerprint density at radius 3 is 2.46 bits per heavy atom. The third-order valence-electron chi connectivity index (χ3n) is 5.33. The standard InChI is InChI=1S/C23H26N2O/c1-16-5-12-21(24-16)18-8-11-20-22(13-18)25(15-23(20,2)3)14-17-6-9-19(26-4)10-7-17/h5-13,24H,14-15H2,1-4H3. The number of aromatic amines is 1. The van der Waals surface area contributed by atoms with Crippen LogP contribution in [-0.2, 0) is 12.0 Å². The van der Waals surface area contributed by atoms with E-state index in [1.165, 1.54) is 33.8 Å². The minimum Gasteiger partial charge on any atom is -0.497 e. The minimum absolute atomic E-state index is 0.159. The van der Waals surface area contributed by atoms with Crippen molar-refractivity contribution < 1.29 is 4.74 Å². The summed E-state index contributed by atoms with van der Waals surface area (Å²) in [6.07, 6.45) is 0. The van der Waals surface area contributed by atoms with Crippen molar-refractivity contribution in [2.75, 3.05) is 18.6 Å².